The molecule has 1 heterocycles. The standard InChI is InChI=1S/C10H16N4O2/c11-8-9(12-5-13-10(8)16)14-6-3-1-2-4-7(6)15/h5-7,15H,1-4,11H2,(H2,12,13,14,16). The Kier molecular flexibility index (Phi) is 3.09. The molecule has 0 spiro atoms. The Morgan fingerprint density at radius 3 is 3.00 bits per heavy atom. The normalized spacial score (nSPS) is 25.3. The van der Waals surface area contributed by atoms with Crippen molar-refractivity contribution in [3.63, 3.8) is 0 Å². The number of nitrogens with two attached hydrogens (primary N) is 1. The molecule has 1 aromatic heterocycles. The van der Waals surface area contributed by atoms with E-state index in [1.807, 2.05) is 0 Å². The quantitative estimate of drug-likeness (QED) is 0.569. The van der Waals surface area contributed by atoms with Crippen LogP contribution >= 0.6 is 0 Å². The molecule has 0 radical (unpaired) electrons. The van der Waals surface area contributed by atoms with Crippen LogP contribution in [0.1, 0.15) is 25.7 Å². The number of H-pyrrole nitrogens is 1. The SMILES string of the molecule is Nc1c(NC2CCCCC2O)nc[nH]c1=O. The van der Waals surface area contributed by atoms with E-state index in [9.17, 15) is 9.90 Å². The smallest absolute Gasteiger partial charge is 0.276 e. The average molecular weight is 224 g/mol. The largest absolute Gasteiger partial charge is 0.391 e. The molecule has 16 heavy (non-hydrogen) atoms. The summed E-state index contributed by atoms with van der Waals surface area (Å²) in [4.78, 5) is 17.6. The zero-order chi connectivity index (χ0) is 11.5. The van der Waals surface area contributed by atoms with Crippen molar-refractivity contribution < 1.29 is 5.11 Å². The van der Waals surface area contributed by atoms with Gasteiger partial charge in [-0.3, -0.25) is 4.79 Å². The lowest BCUT2D eigenvalue weighted by Gasteiger charge is -2.28. The van der Waals surface area contributed by atoms with Crippen molar-refractivity contribution in [2.75, 3.05) is 11.1 Å². The first-order chi connectivity index (χ1) is 7.68. The molecule has 6 nitrogen and oxygen atoms in total. The van der Waals surface area contributed by atoms with Crippen molar-refractivity contribution in [1.29, 1.82) is 0 Å². The highest BCUT2D eigenvalue weighted by atomic mass is 16.3. The molecular formula is C10H16N4O2. The summed E-state index contributed by atoms with van der Waals surface area (Å²) < 4.78 is 0. The average Bonchev–Trinajstić information content (AvgIpc) is 2.28. The van der Waals surface area contributed by atoms with Crippen LogP contribution in [0.5, 0.6) is 0 Å². The van der Waals surface area contributed by atoms with E-state index in [2.05, 4.69) is 15.3 Å². The first-order valence-electron chi connectivity index (χ1n) is 5.46. The Morgan fingerprint density at radius 1 is 1.50 bits per heavy atom. The maximum Gasteiger partial charge on any atom is 0.276 e. The minimum atomic E-state index is -0.394. The second-order valence-electron chi connectivity index (χ2n) is 4.10. The lowest BCUT2D eigenvalue weighted by Crippen LogP contribution is -2.37. The van der Waals surface area contributed by atoms with Crippen molar-refractivity contribution in [2.24, 2.45) is 0 Å². The molecule has 0 bridgehead atoms. The number of anilines is 2. The number of nitrogens with zero attached hydrogens (tertiary/aromatic N) is 1. The number of hydrogen-bond acceptors (Lipinski definition) is 5. The number of aliphatic hydroxyl groups excluding tert-OH is 1. The third kappa shape index (κ3) is 2.16. The number of aliphatic hydroxyl groups is 1. The molecular weight excluding hydrogens is 208 g/mol. The van der Waals surface area contributed by atoms with Gasteiger partial charge in [-0.05, 0) is 12.8 Å². The molecule has 1 aliphatic rings. The highest BCUT2D eigenvalue weighted by Gasteiger charge is 2.23. The Morgan fingerprint density at radius 2 is 2.25 bits per heavy atom. The molecule has 1 aromatic rings. The van der Waals surface area contributed by atoms with Gasteiger partial charge in [0.2, 0.25) is 0 Å². The summed E-state index contributed by atoms with van der Waals surface area (Å²) in [5.74, 6) is 0.356. The summed E-state index contributed by atoms with van der Waals surface area (Å²) >= 11 is 0. The van der Waals surface area contributed by atoms with E-state index in [0.717, 1.165) is 25.7 Å². The summed E-state index contributed by atoms with van der Waals surface area (Å²) in [5, 5.41) is 12.8. The minimum Gasteiger partial charge on any atom is -0.391 e. The Bertz CT molecular complexity index is 418. The molecule has 1 aliphatic carbocycles. The molecule has 2 rings (SSSR count). The molecule has 1 saturated carbocycles. The Balaban J connectivity index is 2.14. The number of aromatic amines is 1. The van der Waals surface area contributed by atoms with Gasteiger partial charge in [0.1, 0.15) is 5.69 Å². The zero-order valence-corrected chi connectivity index (χ0v) is 8.94. The fraction of sp³-hybridized carbons (Fsp3) is 0.600. The van der Waals surface area contributed by atoms with Crippen molar-refractivity contribution >= 4 is 11.5 Å². The van der Waals surface area contributed by atoms with Crippen molar-refractivity contribution in [3.05, 3.63) is 16.7 Å². The van der Waals surface area contributed by atoms with Gasteiger partial charge in [0, 0.05) is 0 Å². The first kappa shape index (κ1) is 10.9. The van der Waals surface area contributed by atoms with Crippen LogP contribution in [0.25, 0.3) is 0 Å². The van der Waals surface area contributed by atoms with E-state index in [1.165, 1.54) is 6.33 Å². The number of hydrogen-bond donors (Lipinski definition) is 4. The van der Waals surface area contributed by atoms with Gasteiger partial charge in [0.05, 0.1) is 18.5 Å². The van der Waals surface area contributed by atoms with Crippen LogP contribution in [-0.4, -0.2) is 27.2 Å². The van der Waals surface area contributed by atoms with Crippen molar-refractivity contribution in [1.82, 2.24) is 9.97 Å². The molecule has 0 amide bonds. The number of nitrogen functional groups attached to an aromatic ring is 1. The van der Waals surface area contributed by atoms with E-state index in [0.29, 0.717) is 5.82 Å². The van der Waals surface area contributed by atoms with Crippen LogP contribution in [0.15, 0.2) is 11.1 Å². The molecule has 0 aliphatic heterocycles. The number of nitrogens with one attached hydrogen (secondary N) is 2. The maximum atomic E-state index is 11.2. The number of rotatable bonds is 2. The van der Waals surface area contributed by atoms with E-state index in [-0.39, 0.29) is 17.3 Å². The molecule has 6 heteroatoms. The third-order valence-electron chi connectivity index (χ3n) is 2.94. The van der Waals surface area contributed by atoms with Crippen molar-refractivity contribution in [3.8, 4) is 0 Å². The van der Waals surface area contributed by atoms with Gasteiger partial charge < -0.3 is 21.1 Å². The van der Waals surface area contributed by atoms with Crippen molar-refractivity contribution in [2.45, 2.75) is 37.8 Å². The van der Waals surface area contributed by atoms with E-state index >= 15 is 0 Å². The molecule has 0 aromatic carbocycles. The Hall–Kier alpha value is -1.56. The van der Waals surface area contributed by atoms with Gasteiger partial charge in [-0.2, -0.15) is 0 Å². The lowest BCUT2D eigenvalue weighted by atomic mass is 9.92. The summed E-state index contributed by atoms with van der Waals surface area (Å²) in [6.07, 6.45) is 4.66. The van der Waals surface area contributed by atoms with Gasteiger partial charge >= 0.3 is 0 Å². The summed E-state index contributed by atoms with van der Waals surface area (Å²) in [6, 6.07) is -0.0645. The molecule has 0 saturated heterocycles. The molecule has 2 unspecified atom stereocenters. The van der Waals surface area contributed by atoms with E-state index < -0.39 is 6.10 Å². The van der Waals surface area contributed by atoms with E-state index in [1.54, 1.807) is 0 Å². The monoisotopic (exact) mass is 224 g/mol. The van der Waals surface area contributed by atoms with Crippen LogP contribution in [-0.2, 0) is 0 Å². The lowest BCUT2D eigenvalue weighted by molar-refractivity contribution is 0.116. The molecule has 2 atom stereocenters. The summed E-state index contributed by atoms with van der Waals surface area (Å²) in [6.45, 7) is 0. The van der Waals surface area contributed by atoms with Crippen LogP contribution in [0.3, 0.4) is 0 Å². The van der Waals surface area contributed by atoms with Gasteiger partial charge in [0.15, 0.2) is 5.82 Å². The molecule has 5 N–H and O–H groups in total. The summed E-state index contributed by atoms with van der Waals surface area (Å²) in [7, 11) is 0. The molecule has 88 valence electrons. The predicted octanol–water partition coefficient (Wildman–Crippen LogP) is 0.0675. The zero-order valence-electron chi connectivity index (χ0n) is 8.94. The number of aromatic nitrogens is 2. The van der Waals surface area contributed by atoms with E-state index in [4.69, 9.17) is 5.73 Å². The molecule has 1 fully saturated rings. The van der Waals surface area contributed by atoms with Gasteiger partial charge in [-0.15, -0.1) is 0 Å². The highest BCUT2D eigenvalue weighted by Crippen LogP contribution is 2.22. The van der Waals surface area contributed by atoms with Gasteiger partial charge in [-0.1, -0.05) is 12.8 Å². The Labute approximate surface area is 92.9 Å². The second-order valence-corrected chi connectivity index (χ2v) is 4.10. The van der Waals surface area contributed by atoms with Crippen LogP contribution in [0.2, 0.25) is 0 Å². The minimum absolute atomic E-state index is 0.0645. The fourth-order valence-electron chi connectivity index (χ4n) is 1.98. The predicted molar refractivity (Wildman–Crippen MR) is 61.2 cm³/mol. The fourth-order valence-corrected chi connectivity index (χ4v) is 1.98. The van der Waals surface area contributed by atoms with Crippen LogP contribution in [0, 0.1) is 0 Å². The van der Waals surface area contributed by atoms with Gasteiger partial charge in [0.25, 0.3) is 5.56 Å². The van der Waals surface area contributed by atoms with Crippen LogP contribution in [0.4, 0.5) is 11.5 Å². The first-order valence-corrected chi connectivity index (χ1v) is 5.46. The summed E-state index contributed by atoms with van der Waals surface area (Å²) in [5.41, 5.74) is 5.31. The second kappa shape index (κ2) is 4.52. The third-order valence-corrected chi connectivity index (χ3v) is 2.94. The maximum absolute atomic E-state index is 11.2. The van der Waals surface area contributed by atoms with Crippen LogP contribution < -0.4 is 16.6 Å². The van der Waals surface area contributed by atoms with Gasteiger partial charge in [-0.25, -0.2) is 4.98 Å². The highest BCUT2D eigenvalue weighted by molar-refractivity contribution is 5.59. The topological polar surface area (TPSA) is 104 Å².